The van der Waals surface area contributed by atoms with E-state index in [0.29, 0.717) is 0 Å². The summed E-state index contributed by atoms with van der Waals surface area (Å²) in [5.41, 5.74) is 12.5. The van der Waals surface area contributed by atoms with Crippen molar-refractivity contribution in [3.05, 3.63) is 182 Å². The van der Waals surface area contributed by atoms with Crippen molar-refractivity contribution in [3.63, 3.8) is 0 Å². The summed E-state index contributed by atoms with van der Waals surface area (Å²) < 4.78 is 6.43. The quantitative estimate of drug-likeness (QED) is 0.174. The van der Waals surface area contributed by atoms with Gasteiger partial charge in [0.25, 0.3) is 0 Å². The number of hydrogen-bond acceptors (Lipinski definition) is 3. The standard InChI is InChI=1S/C50H30N2O/c1-3-10-31(11-4-1)37-19-22-39-40(38-21-24-46-42(28-38)43-26-35-14-7-8-15-36(35)29-47(43)53-46)30-41(32-12-5-2-6-13-32)48(44(39)27-37)45-23-20-34-18-17-33-16-9-25-51-49(33)50(34)52-45/h1-30H. The molecule has 0 unspecified atom stereocenters. The van der Waals surface area contributed by atoms with Crippen molar-refractivity contribution < 1.29 is 4.42 Å². The van der Waals surface area contributed by atoms with Gasteiger partial charge in [-0.1, -0.05) is 127 Å². The number of aromatic nitrogens is 2. The third kappa shape index (κ3) is 4.82. The van der Waals surface area contributed by atoms with Gasteiger partial charge in [0.2, 0.25) is 0 Å². The predicted molar refractivity (Wildman–Crippen MR) is 221 cm³/mol. The number of fused-ring (bicyclic) bond motifs is 8. The minimum absolute atomic E-state index is 0.885. The van der Waals surface area contributed by atoms with Gasteiger partial charge in [0.1, 0.15) is 11.2 Å². The highest BCUT2D eigenvalue weighted by molar-refractivity contribution is 6.15. The van der Waals surface area contributed by atoms with Crippen LogP contribution < -0.4 is 0 Å². The van der Waals surface area contributed by atoms with Gasteiger partial charge in [0.05, 0.1) is 16.7 Å². The first-order chi connectivity index (χ1) is 26.2. The summed E-state index contributed by atoms with van der Waals surface area (Å²) in [6.45, 7) is 0. The third-order valence-electron chi connectivity index (χ3n) is 10.7. The number of pyridine rings is 2. The number of nitrogens with zero attached hydrogens (tertiary/aromatic N) is 2. The second-order valence-electron chi connectivity index (χ2n) is 13.8. The van der Waals surface area contributed by atoms with Crippen LogP contribution in [0.5, 0.6) is 0 Å². The summed E-state index contributed by atoms with van der Waals surface area (Å²) in [5, 5.41) is 9.06. The van der Waals surface area contributed by atoms with Gasteiger partial charge in [-0.2, -0.15) is 0 Å². The second kappa shape index (κ2) is 11.7. The van der Waals surface area contributed by atoms with Crippen LogP contribution in [0, 0.1) is 0 Å². The summed E-state index contributed by atoms with van der Waals surface area (Å²) in [6, 6.07) is 62.8. The molecule has 246 valence electrons. The molecule has 0 radical (unpaired) electrons. The number of hydrogen-bond donors (Lipinski definition) is 0. The fraction of sp³-hybridized carbons (Fsp3) is 0. The largest absolute Gasteiger partial charge is 0.456 e. The second-order valence-corrected chi connectivity index (χ2v) is 13.8. The number of furan rings is 1. The zero-order valence-corrected chi connectivity index (χ0v) is 28.6. The molecule has 11 rings (SSSR count). The molecule has 53 heavy (non-hydrogen) atoms. The Morgan fingerprint density at radius 1 is 0.358 bits per heavy atom. The van der Waals surface area contributed by atoms with Crippen LogP contribution >= 0.6 is 0 Å². The van der Waals surface area contributed by atoms with Crippen molar-refractivity contribution in [1.82, 2.24) is 9.97 Å². The van der Waals surface area contributed by atoms with Crippen LogP contribution in [0.1, 0.15) is 0 Å². The van der Waals surface area contributed by atoms with Gasteiger partial charge in [0.15, 0.2) is 0 Å². The molecule has 0 saturated heterocycles. The summed E-state index contributed by atoms with van der Waals surface area (Å²) in [5.74, 6) is 0. The van der Waals surface area contributed by atoms with Crippen LogP contribution in [0.15, 0.2) is 187 Å². The molecule has 0 aliphatic carbocycles. The lowest BCUT2D eigenvalue weighted by atomic mass is 9.85. The maximum absolute atomic E-state index is 6.43. The van der Waals surface area contributed by atoms with E-state index in [1.165, 1.54) is 16.3 Å². The normalized spacial score (nSPS) is 11.8. The molecule has 3 heteroatoms. The predicted octanol–water partition coefficient (Wildman–Crippen LogP) is 13.7. The van der Waals surface area contributed by atoms with Crippen molar-refractivity contribution >= 4 is 65.3 Å². The summed E-state index contributed by atoms with van der Waals surface area (Å²) >= 11 is 0. The Balaban J connectivity index is 1.23. The zero-order chi connectivity index (χ0) is 34.9. The molecular formula is C50H30N2O. The van der Waals surface area contributed by atoms with Crippen molar-refractivity contribution in [3.8, 4) is 44.6 Å². The van der Waals surface area contributed by atoms with Gasteiger partial charge < -0.3 is 4.42 Å². The summed E-state index contributed by atoms with van der Waals surface area (Å²) in [6.07, 6.45) is 1.85. The van der Waals surface area contributed by atoms with Gasteiger partial charge in [-0.05, 0) is 103 Å². The van der Waals surface area contributed by atoms with Gasteiger partial charge in [-0.15, -0.1) is 0 Å². The Morgan fingerprint density at radius 2 is 1.02 bits per heavy atom. The van der Waals surface area contributed by atoms with Crippen LogP contribution in [0.25, 0.3) is 110 Å². The van der Waals surface area contributed by atoms with Crippen LogP contribution in [0.3, 0.4) is 0 Å². The van der Waals surface area contributed by atoms with E-state index in [4.69, 9.17) is 14.4 Å². The number of rotatable bonds is 4. The summed E-state index contributed by atoms with van der Waals surface area (Å²) in [4.78, 5) is 10.2. The average molecular weight is 675 g/mol. The lowest BCUT2D eigenvalue weighted by Gasteiger charge is -2.19. The molecule has 0 amide bonds. The molecule has 0 spiro atoms. The van der Waals surface area contributed by atoms with Gasteiger partial charge >= 0.3 is 0 Å². The minimum Gasteiger partial charge on any atom is -0.456 e. The topological polar surface area (TPSA) is 38.9 Å². The van der Waals surface area contributed by atoms with Gasteiger partial charge in [-0.3, -0.25) is 4.98 Å². The van der Waals surface area contributed by atoms with E-state index >= 15 is 0 Å². The molecule has 3 aromatic heterocycles. The van der Waals surface area contributed by atoms with E-state index in [9.17, 15) is 0 Å². The van der Waals surface area contributed by atoms with Crippen LogP contribution in [0.2, 0.25) is 0 Å². The lowest BCUT2D eigenvalue weighted by Crippen LogP contribution is -1.95. The summed E-state index contributed by atoms with van der Waals surface area (Å²) in [7, 11) is 0. The van der Waals surface area contributed by atoms with E-state index in [1.807, 2.05) is 12.3 Å². The maximum Gasteiger partial charge on any atom is 0.136 e. The molecule has 0 atom stereocenters. The van der Waals surface area contributed by atoms with Crippen LogP contribution in [-0.4, -0.2) is 9.97 Å². The Kier molecular flexibility index (Phi) is 6.55. The maximum atomic E-state index is 6.43. The van der Waals surface area contributed by atoms with Crippen molar-refractivity contribution in [2.45, 2.75) is 0 Å². The molecule has 8 aromatic carbocycles. The van der Waals surface area contributed by atoms with E-state index in [2.05, 4.69) is 170 Å². The van der Waals surface area contributed by atoms with Crippen molar-refractivity contribution in [2.75, 3.05) is 0 Å². The van der Waals surface area contributed by atoms with E-state index in [-0.39, 0.29) is 0 Å². The Labute approximate surface area is 305 Å². The highest BCUT2D eigenvalue weighted by atomic mass is 16.3. The van der Waals surface area contributed by atoms with Gasteiger partial charge in [-0.25, -0.2) is 4.98 Å². The zero-order valence-electron chi connectivity index (χ0n) is 28.6. The number of benzene rings is 8. The van der Waals surface area contributed by atoms with Crippen LogP contribution in [0.4, 0.5) is 0 Å². The first-order valence-corrected chi connectivity index (χ1v) is 18.0. The first-order valence-electron chi connectivity index (χ1n) is 18.0. The lowest BCUT2D eigenvalue weighted by molar-refractivity contribution is 0.669. The molecule has 0 N–H and O–H groups in total. The molecule has 0 saturated carbocycles. The molecule has 11 aromatic rings. The SMILES string of the molecule is c1ccc(-c2ccc3c(-c4ccc5oc6cc7ccccc7cc6c5c4)cc(-c4ccccc4)c(-c4ccc5ccc6cccnc6c5n4)c3c2)cc1. The molecular weight excluding hydrogens is 645 g/mol. The highest BCUT2D eigenvalue weighted by Gasteiger charge is 2.20. The smallest absolute Gasteiger partial charge is 0.136 e. The molecule has 3 heterocycles. The molecule has 0 aliphatic rings. The first kappa shape index (κ1) is 29.6. The monoisotopic (exact) mass is 674 g/mol. The Hall–Kier alpha value is -7.10. The fourth-order valence-corrected chi connectivity index (χ4v) is 8.09. The third-order valence-corrected chi connectivity index (χ3v) is 10.7. The minimum atomic E-state index is 0.885. The van der Waals surface area contributed by atoms with E-state index in [1.54, 1.807) is 0 Å². The highest BCUT2D eigenvalue weighted by Crippen LogP contribution is 2.45. The Bertz CT molecular complexity index is 3220. The van der Waals surface area contributed by atoms with Gasteiger partial charge in [0, 0.05) is 33.3 Å². The van der Waals surface area contributed by atoms with E-state index in [0.717, 1.165) is 93.6 Å². The molecule has 0 aliphatic heterocycles. The van der Waals surface area contributed by atoms with Crippen molar-refractivity contribution in [1.29, 1.82) is 0 Å². The van der Waals surface area contributed by atoms with E-state index < -0.39 is 0 Å². The van der Waals surface area contributed by atoms with Crippen molar-refractivity contribution in [2.24, 2.45) is 0 Å². The molecule has 0 fully saturated rings. The molecule has 0 bridgehead atoms. The fourth-order valence-electron chi connectivity index (χ4n) is 8.09. The average Bonchev–Trinajstić information content (AvgIpc) is 3.59. The molecule has 3 nitrogen and oxygen atoms in total. The van der Waals surface area contributed by atoms with Crippen LogP contribution in [-0.2, 0) is 0 Å². The Morgan fingerprint density at radius 3 is 1.85 bits per heavy atom.